The van der Waals surface area contributed by atoms with Crippen LogP contribution in [-0.2, 0) is 21.4 Å². The summed E-state index contributed by atoms with van der Waals surface area (Å²) in [6.07, 6.45) is 5.17. The van der Waals surface area contributed by atoms with Crippen molar-refractivity contribution in [2.45, 2.75) is 24.3 Å². The second-order valence-corrected chi connectivity index (χ2v) is 8.03. The molecule has 26 heavy (non-hydrogen) atoms. The molecule has 8 heteroatoms. The van der Waals surface area contributed by atoms with Gasteiger partial charge >= 0.3 is 0 Å². The number of sulfonamides is 1. The van der Waals surface area contributed by atoms with E-state index >= 15 is 0 Å². The van der Waals surface area contributed by atoms with E-state index in [0.717, 1.165) is 32.5 Å². The summed E-state index contributed by atoms with van der Waals surface area (Å²) in [5, 5.41) is 7.92. The van der Waals surface area contributed by atoms with Crippen LogP contribution in [0, 0.1) is 5.92 Å². The summed E-state index contributed by atoms with van der Waals surface area (Å²) in [5.41, 5.74) is 1.79. The zero-order chi connectivity index (χ0) is 18.6. The second-order valence-electron chi connectivity index (χ2n) is 6.46. The van der Waals surface area contributed by atoms with E-state index in [4.69, 9.17) is 5.14 Å². The van der Waals surface area contributed by atoms with Gasteiger partial charge < -0.3 is 5.32 Å². The van der Waals surface area contributed by atoms with Crippen molar-refractivity contribution in [3.63, 3.8) is 0 Å². The Balaban J connectivity index is 1.50. The van der Waals surface area contributed by atoms with Gasteiger partial charge in [0.2, 0.25) is 15.9 Å². The molecule has 1 aromatic carbocycles. The molecule has 1 aliphatic heterocycles. The highest BCUT2D eigenvalue weighted by Gasteiger charge is 2.25. The molecule has 1 aromatic heterocycles. The number of rotatable bonds is 5. The highest BCUT2D eigenvalue weighted by atomic mass is 32.2. The predicted molar refractivity (Wildman–Crippen MR) is 98.7 cm³/mol. The third-order valence-corrected chi connectivity index (χ3v) is 5.49. The van der Waals surface area contributed by atoms with Gasteiger partial charge in [-0.15, -0.1) is 0 Å². The number of hydrogen-bond acceptors (Lipinski definition) is 5. The van der Waals surface area contributed by atoms with Crippen LogP contribution in [0.15, 0.2) is 53.7 Å². The van der Waals surface area contributed by atoms with Crippen molar-refractivity contribution >= 4 is 21.6 Å². The largest absolute Gasteiger partial charge is 0.326 e. The third kappa shape index (κ3) is 4.87. The van der Waals surface area contributed by atoms with E-state index in [1.54, 1.807) is 24.5 Å². The summed E-state index contributed by atoms with van der Waals surface area (Å²) in [6.45, 7) is 2.60. The second kappa shape index (κ2) is 7.94. The molecule has 3 N–H and O–H groups in total. The maximum atomic E-state index is 12.4. The first kappa shape index (κ1) is 18.5. The normalized spacial score (nSPS) is 16.3. The van der Waals surface area contributed by atoms with Gasteiger partial charge in [-0.25, -0.2) is 13.6 Å². The summed E-state index contributed by atoms with van der Waals surface area (Å²) in [6, 6.07) is 9.89. The molecule has 1 aliphatic rings. The number of carbonyl (C=O) groups is 1. The minimum absolute atomic E-state index is 0.0277. The fraction of sp³-hybridized carbons (Fsp3) is 0.333. The van der Waals surface area contributed by atoms with Gasteiger partial charge in [-0.3, -0.25) is 14.7 Å². The molecule has 1 saturated heterocycles. The number of piperidine rings is 1. The van der Waals surface area contributed by atoms with Crippen molar-refractivity contribution in [2.75, 3.05) is 18.4 Å². The van der Waals surface area contributed by atoms with Crippen LogP contribution >= 0.6 is 0 Å². The molecule has 2 heterocycles. The molecular weight excluding hydrogens is 352 g/mol. The van der Waals surface area contributed by atoms with Crippen LogP contribution in [0.5, 0.6) is 0 Å². The molecule has 7 nitrogen and oxygen atoms in total. The zero-order valence-electron chi connectivity index (χ0n) is 14.3. The van der Waals surface area contributed by atoms with Crippen molar-refractivity contribution in [1.82, 2.24) is 9.88 Å². The molecule has 0 spiro atoms. The van der Waals surface area contributed by atoms with Gasteiger partial charge in [-0.1, -0.05) is 0 Å². The lowest BCUT2D eigenvalue weighted by Gasteiger charge is -2.31. The molecule has 138 valence electrons. The fourth-order valence-corrected chi connectivity index (χ4v) is 3.59. The van der Waals surface area contributed by atoms with E-state index in [-0.39, 0.29) is 16.7 Å². The molecule has 0 aliphatic carbocycles. The average molecular weight is 374 g/mol. The molecule has 2 aromatic rings. The van der Waals surface area contributed by atoms with Crippen LogP contribution in [0.1, 0.15) is 18.4 Å². The average Bonchev–Trinajstić information content (AvgIpc) is 2.63. The lowest BCUT2D eigenvalue weighted by atomic mass is 9.95. The quantitative estimate of drug-likeness (QED) is 0.827. The van der Waals surface area contributed by atoms with Gasteiger partial charge in [0, 0.05) is 30.5 Å². The van der Waals surface area contributed by atoms with E-state index in [1.807, 2.05) is 12.1 Å². The third-order valence-electron chi connectivity index (χ3n) is 4.56. The van der Waals surface area contributed by atoms with E-state index in [9.17, 15) is 13.2 Å². The molecule has 0 bridgehead atoms. The lowest BCUT2D eigenvalue weighted by Crippen LogP contribution is -2.37. The number of amides is 1. The fourth-order valence-electron chi connectivity index (χ4n) is 3.07. The van der Waals surface area contributed by atoms with Gasteiger partial charge in [-0.2, -0.15) is 0 Å². The maximum Gasteiger partial charge on any atom is 0.238 e. The highest BCUT2D eigenvalue weighted by molar-refractivity contribution is 7.89. The topological polar surface area (TPSA) is 105 Å². The number of anilines is 1. The first-order valence-electron chi connectivity index (χ1n) is 8.47. The van der Waals surface area contributed by atoms with E-state index in [2.05, 4.69) is 15.2 Å². The molecule has 0 radical (unpaired) electrons. The minimum atomic E-state index is -3.72. The Hall–Kier alpha value is -2.29. The van der Waals surface area contributed by atoms with Crippen LogP contribution in [-0.4, -0.2) is 37.3 Å². The first-order chi connectivity index (χ1) is 12.4. The monoisotopic (exact) mass is 374 g/mol. The lowest BCUT2D eigenvalue weighted by molar-refractivity contribution is -0.121. The van der Waals surface area contributed by atoms with Crippen LogP contribution in [0.25, 0.3) is 0 Å². The van der Waals surface area contributed by atoms with Gasteiger partial charge in [0.1, 0.15) is 0 Å². The molecule has 0 saturated carbocycles. The summed E-state index contributed by atoms with van der Waals surface area (Å²) >= 11 is 0. The van der Waals surface area contributed by atoms with Crippen LogP contribution in [0.2, 0.25) is 0 Å². The standard InChI is InChI=1S/C18H22N4O3S/c19-26(24,25)17-3-1-16(2-4-17)21-18(23)15-7-11-22(12-8-15)13-14-5-9-20-10-6-14/h1-6,9-10,15H,7-8,11-13H2,(H,21,23)(H2,19,24,25). The summed E-state index contributed by atoms with van der Waals surface area (Å²) in [4.78, 5) is 18.8. The number of hydrogen-bond donors (Lipinski definition) is 2. The number of likely N-dealkylation sites (tertiary alicyclic amines) is 1. The Labute approximate surface area is 153 Å². The summed E-state index contributed by atoms with van der Waals surface area (Å²) < 4.78 is 22.5. The Kier molecular flexibility index (Phi) is 5.65. The van der Waals surface area contributed by atoms with Crippen molar-refractivity contribution in [3.05, 3.63) is 54.4 Å². The molecule has 0 unspecified atom stereocenters. The molecule has 0 atom stereocenters. The number of nitrogens with one attached hydrogen (secondary N) is 1. The predicted octanol–water partition coefficient (Wildman–Crippen LogP) is 1.58. The van der Waals surface area contributed by atoms with E-state index in [0.29, 0.717) is 5.69 Å². The number of pyridine rings is 1. The minimum Gasteiger partial charge on any atom is -0.326 e. The van der Waals surface area contributed by atoms with Gasteiger partial charge in [0.25, 0.3) is 0 Å². The number of aromatic nitrogens is 1. The van der Waals surface area contributed by atoms with Crippen LogP contribution in [0.3, 0.4) is 0 Å². The van der Waals surface area contributed by atoms with Crippen molar-refractivity contribution in [3.8, 4) is 0 Å². The smallest absolute Gasteiger partial charge is 0.238 e. The molecule has 1 amide bonds. The SMILES string of the molecule is NS(=O)(=O)c1ccc(NC(=O)C2CCN(Cc3ccncc3)CC2)cc1. The number of carbonyl (C=O) groups excluding carboxylic acids is 1. The summed E-state index contributed by atoms with van der Waals surface area (Å²) in [7, 11) is -3.72. The number of benzene rings is 1. The number of primary sulfonamides is 1. The van der Waals surface area contributed by atoms with E-state index < -0.39 is 10.0 Å². The first-order valence-corrected chi connectivity index (χ1v) is 10.0. The van der Waals surface area contributed by atoms with Crippen LogP contribution < -0.4 is 10.5 Å². The summed E-state index contributed by atoms with van der Waals surface area (Å²) in [5.74, 6) is -0.0708. The van der Waals surface area contributed by atoms with Crippen molar-refractivity contribution in [2.24, 2.45) is 11.1 Å². The molecule has 1 fully saturated rings. The van der Waals surface area contributed by atoms with Crippen molar-refractivity contribution < 1.29 is 13.2 Å². The zero-order valence-corrected chi connectivity index (χ0v) is 15.2. The Morgan fingerprint density at radius 2 is 1.73 bits per heavy atom. The number of nitrogens with two attached hydrogens (primary N) is 1. The molecule has 3 rings (SSSR count). The Bertz CT molecular complexity index is 846. The number of nitrogens with zero attached hydrogens (tertiary/aromatic N) is 2. The van der Waals surface area contributed by atoms with Crippen LogP contribution in [0.4, 0.5) is 5.69 Å². The van der Waals surface area contributed by atoms with Gasteiger partial charge in [0.05, 0.1) is 4.90 Å². The highest BCUT2D eigenvalue weighted by Crippen LogP contribution is 2.21. The molecular formula is C18H22N4O3S. The van der Waals surface area contributed by atoms with Crippen molar-refractivity contribution in [1.29, 1.82) is 0 Å². The van der Waals surface area contributed by atoms with E-state index in [1.165, 1.54) is 17.7 Å². The Morgan fingerprint density at radius 3 is 2.31 bits per heavy atom. The maximum absolute atomic E-state index is 12.4. The van der Waals surface area contributed by atoms with Gasteiger partial charge in [0.15, 0.2) is 0 Å². The van der Waals surface area contributed by atoms with Gasteiger partial charge in [-0.05, 0) is 67.9 Å². The Morgan fingerprint density at radius 1 is 1.12 bits per heavy atom.